The summed E-state index contributed by atoms with van der Waals surface area (Å²) in [5.74, 6) is 0.756. The topological polar surface area (TPSA) is 119 Å². The van der Waals surface area contributed by atoms with E-state index in [1.165, 1.54) is 10.5 Å². The highest BCUT2D eigenvalue weighted by molar-refractivity contribution is 6.04. The molecule has 3 saturated heterocycles. The Labute approximate surface area is 199 Å². The maximum absolute atomic E-state index is 12.7. The first-order chi connectivity index (χ1) is 16.3. The number of nitrogens with one attached hydrogen (secondary N) is 2. The molecule has 3 heterocycles. The van der Waals surface area contributed by atoms with Crippen LogP contribution in [-0.2, 0) is 9.53 Å². The number of aryl methyl sites for hydroxylation is 2. The van der Waals surface area contributed by atoms with Crippen LogP contribution in [0.1, 0.15) is 11.1 Å². The summed E-state index contributed by atoms with van der Waals surface area (Å²) in [7, 11) is 1.63. The molecule has 3 amide bonds. The SMILES string of the molecule is Cc1ccc(OCC(O)CN2C(=NCCN3CCOCC3)NC3C2C(=O)NC(=O)N3C)cc1C. The maximum atomic E-state index is 12.7. The Hall–Kier alpha value is -2.89. The quantitative estimate of drug-likeness (QED) is 0.462. The molecular formula is C23H34N6O5. The maximum Gasteiger partial charge on any atom is 0.325 e. The number of nitrogens with zero attached hydrogens (tertiary/aromatic N) is 4. The fraction of sp³-hybridized carbons (Fsp3) is 0.609. The van der Waals surface area contributed by atoms with Crippen LogP contribution in [0.2, 0.25) is 0 Å². The van der Waals surface area contributed by atoms with Crippen LogP contribution < -0.4 is 15.4 Å². The van der Waals surface area contributed by atoms with Crippen molar-refractivity contribution in [3.05, 3.63) is 29.3 Å². The minimum atomic E-state index is -0.873. The van der Waals surface area contributed by atoms with Crippen molar-refractivity contribution < 1.29 is 24.2 Å². The van der Waals surface area contributed by atoms with Gasteiger partial charge in [-0.15, -0.1) is 0 Å². The van der Waals surface area contributed by atoms with E-state index in [-0.39, 0.29) is 13.2 Å². The van der Waals surface area contributed by atoms with Gasteiger partial charge in [0.05, 0.1) is 26.3 Å². The number of hydrogen-bond acceptors (Lipinski definition) is 7. The molecule has 3 aliphatic heterocycles. The van der Waals surface area contributed by atoms with Gasteiger partial charge in [-0.25, -0.2) is 4.79 Å². The first kappa shape index (κ1) is 24.2. The van der Waals surface area contributed by atoms with Crippen molar-refractivity contribution in [1.82, 2.24) is 25.3 Å². The summed E-state index contributed by atoms with van der Waals surface area (Å²) in [5.41, 5.74) is 2.28. The van der Waals surface area contributed by atoms with Gasteiger partial charge in [0, 0.05) is 26.7 Å². The Morgan fingerprint density at radius 3 is 2.74 bits per heavy atom. The molecule has 0 bridgehead atoms. The second-order valence-corrected chi connectivity index (χ2v) is 8.96. The van der Waals surface area contributed by atoms with Crippen LogP contribution in [0.15, 0.2) is 23.2 Å². The highest BCUT2D eigenvalue weighted by atomic mass is 16.5. The number of aliphatic imine (C=N–C) groups is 1. The number of likely N-dealkylation sites (N-methyl/N-ethyl adjacent to an activating group) is 1. The Balaban J connectivity index is 1.43. The molecule has 0 aliphatic carbocycles. The number of rotatable bonds is 8. The molecule has 4 rings (SSSR count). The standard InChI is InChI=1S/C23H34N6O5/c1-15-4-5-18(12-16(15)2)34-14-17(30)13-29-19-20(27(3)23(32)26-21(19)31)25-22(29)24-6-7-28-8-10-33-11-9-28/h4-5,12,17,19-20,30H,6-11,13-14H2,1-3H3,(H,24,25)(H,26,31,32). The van der Waals surface area contributed by atoms with Crippen molar-refractivity contribution in [3.8, 4) is 5.75 Å². The Morgan fingerprint density at radius 2 is 2.00 bits per heavy atom. The monoisotopic (exact) mass is 474 g/mol. The second-order valence-electron chi connectivity index (χ2n) is 8.96. The van der Waals surface area contributed by atoms with Crippen molar-refractivity contribution in [2.45, 2.75) is 32.2 Å². The number of guanidine groups is 1. The minimum absolute atomic E-state index is 0.0633. The van der Waals surface area contributed by atoms with E-state index in [9.17, 15) is 14.7 Å². The number of hydrogen-bond donors (Lipinski definition) is 3. The number of fused-ring (bicyclic) bond motifs is 1. The van der Waals surface area contributed by atoms with Gasteiger partial charge in [0.1, 0.15) is 24.6 Å². The molecule has 3 aliphatic rings. The van der Waals surface area contributed by atoms with Crippen LogP contribution in [0, 0.1) is 13.8 Å². The predicted octanol–water partition coefficient (Wildman–Crippen LogP) is -0.487. The number of ether oxygens (including phenoxy) is 2. The molecule has 34 heavy (non-hydrogen) atoms. The molecule has 0 radical (unpaired) electrons. The number of carbonyl (C=O) groups is 2. The molecule has 3 N–H and O–H groups in total. The van der Waals surface area contributed by atoms with Crippen LogP contribution in [-0.4, -0.2) is 116 Å². The largest absolute Gasteiger partial charge is 0.491 e. The fourth-order valence-corrected chi connectivity index (χ4v) is 4.32. The average Bonchev–Trinajstić information content (AvgIpc) is 3.17. The lowest BCUT2D eigenvalue weighted by Gasteiger charge is -2.35. The average molecular weight is 475 g/mol. The Morgan fingerprint density at radius 1 is 1.24 bits per heavy atom. The number of carbonyl (C=O) groups excluding carboxylic acids is 2. The third-order valence-corrected chi connectivity index (χ3v) is 6.53. The van der Waals surface area contributed by atoms with Gasteiger partial charge >= 0.3 is 6.03 Å². The molecule has 11 heteroatoms. The van der Waals surface area contributed by atoms with Crippen molar-refractivity contribution in [2.75, 3.05) is 59.6 Å². The lowest BCUT2D eigenvalue weighted by molar-refractivity contribution is -0.127. The van der Waals surface area contributed by atoms with Crippen LogP contribution in [0.3, 0.4) is 0 Å². The smallest absolute Gasteiger partial charge is 0.325 e. The lowest BCUT2D eigenvalue weighted by Crippen LogP contribution is -2.65. The number of aliphatic hydroxyl groups is 1. The molecule has 1 aromatic rings. The summed E-state index contributed by atoms with van der Waals surface area (Å²) >= 11 is 0. The van der Waals surface area contributed by atoms with E-state index >= 15 is 0 Å². The number of morpholine rings is 1. The molecule has 11 nitrogen and oxygen atoms in total. The second kappa shape index (κ2) is 10.6. The molecule has 0 aromatic heterocycles. The zero-order valence-electron chi connectivity index (χ0n) is 20.0. The van der Waals surface area contributed by atoms with Crippen LogP contribution >= 0.6 is 0 Å². The highest BCUT2D eigenvalue weighted by Gasteiger charge is 2.50. The summed E-state index contributed by atoms with van der Waals surface area (Å²) in [5, 5.41) is 16.3. The molecule has 3 unspecified atom stereocenters. The molecule has 3 fully saturated rings. The van der Waals surface area contributed by atoms with Gasteiger partial charge in [0.25, 0.3) is 5.91 Å². The fourth-order valence-electron chi connectivity index (χ4n) is 4.32. The third-order valence-electron chi connectivity index (χ3n) is 6.53. The van der Waals surface area contributed by atoms with Crippen LogP contribution in [0.5, 0.6) is 5.75 Å². The summed E-state index contributed by atoms with van der Waals surface area (Å²) in [6.07, 6.45) is -1.43. The Kier molecular flexibility index (Phi) is 7.54. The van der Waals surface area contributed by atoms with Gasteiger partial charge in [-0.05, 0) is 37.1 Å². The van der Waals surface area contributed by atoms with Gasteiger partial charge in [-0.1, -0.05) is 6.07 Å². The van der Waals surface area contributed by atoms with E-state index in [1.807, 2.05) is 32.0 Å². The molecule has 0 saturated carbocycles. The summed E-state index contributed by atoms with van der Waals surface area (Å²) in [6.45, 7) is 8.66. The zero-order chi connectivity index (χ0) is 24.2. The molecule has 0 spiro atoms. The van der Waals surface area contributed by atoms with Crippen LogP contribution in [0.4, 0.5) is 4.79 Å². The number of imide groups is 1. The number of amides is 3. The normalized spacial score (nSPS) is 25.2. The van der Waals surface area contributed by atoms with Crippen molar-refractivity contribution >= 4 is 17.9 Å². The van der Waals surface area contributed by atoms with E-state index in [1.54, 1.807) is 11.9 Å². The summed E-state index contributed by atoms with van der Waals surface area (Å²) in [6, 6.07) is 4.62. The van der Waals surface area contributed by atoms with E-state index in [4.69, 9.17) is 9.47 Å². The summed E-state index contributed by atoms with van der Waals surface area (Å²) in [4.78, 5) is 35.0. The van der Waals surface area contributed by atoms with E-state index < -0.39 is 30.2 Å². The van der Waals surface area contributed by atoms with E-state index in [0.29, 0.717) is 31.5 Å². The predicted molar refractivity (Wildman–Crippen MR) is 126 cm³/mol. The number of aliphatic hydroxyl groups excluding tert-OH is 1. The first-order valence-electron chi connectivity index (χ1n) is 11.7. The van der Waals surface area contributed by atoms with Crippen molar-refractivity contribution in [2.24, 2.45) is 4.99 Å². The van der Waals surface area contributed by atoms with Crippen LogP contribution in [0.25, 0.3) is 0 Å². The van der Waals surface area contributed by atoms with Crippen molar-refractivity contribution in [3.63, 3.8) is 0 Å². The zero-order valence-corrected chi connectivity index (χ0v) is 20.0. The molecule has 1 aromatic carbocycles. The van der Waals surface area contributed by atoms with Gasteiger partial charge in [-0.3, -0.25) is 20.0 Å². The first-order valence-corrected chi connectivity index (χ1v) is 11.7. The third kappa shape index (κ3) is 5.43. The number of β-amino-alcohol motifs (C(OH)–C–C–N with tert-alkyl or cyclic N) is 1. The van der Waals surface area contributed by atoms with E-state index in [2.05, 4.69) is 20.5 Å². The van der Waals surface area contributed by atoms with Crippen molar-refractivity contribution in [1.29, 1.82) is 0 Å². The molecule has 3 atom stereocenters. The van der Waals surface area contributed by atoms with Gasteiger partial charge in [0.2, 0.25) is 0 Å². The highest BCUT2D eigenvalue weighted by Crippen LogP contribution is 2.22. The minimum Gasteiger partial charge on any atom is -0.491 e. The molecule has 186 valence electrons. The van der Waals surface area contributed by atoms with Gasteiger partial charge < -0.3 is 29.7 Å². The van der Waals surface area contributed by atoms with Gasteiger partial charge in [0.15, 0.2) is 12.0 Å². The number of benzene rings is 1. The lowest BCUT2D eigenvalue weighted by atomic mass is 10.1. The Bertz CT molecular complexity index is 934. The molecular weight excluding hydrogens is 440 g/mol. The van der Waals surface area contributed by atoms with Gasteiger partial charge in [-0.2, -0.15) is 0 Å². The van der Waals surface area contributed by atoms with E-state index in [0.717, 1.165) is 25.2 Å². The summed E-state index contributed by atoms with van der Waals surface area (Å²) < 4.78 is 11.2. The number of urea groups is 1.